The van der Waals surface area contributed by atoms with Crippen molar-refractivity contribution < 1.29 is 27.2 Å². The van der Waals surface area contributed by atoms with Crippen molar-refractivity contribution in [3.8, 4) is 0 Å². The third-order valence-corrected chi connectivity index (χ3v) is 8.40. The smallest absolute Gasteiger partial charge is 0.376 e. The van der Waals surface area contributed by atoms with Gasteiger partial charge in [0, 0.05) is 11.9 Å². The first-order chi connectivity index (χ1) is 14.9. The molecular weight excluding hydrogens is 440 g/mol. The largest absolute Gasteiger partial charge is 0.460 e. The van der Waals surface area contributed by atoms with Gasteiger partial charge in [-0.15, -0.1) is 11.3 Å². The predicted octanol–water partition coefficient (Wildman–Crippen LogP) is 3.85. The lowest BCUT2D eigenvalue weighted by molar-refractivity contribution is -0.120. The number of hydrogen-bond acceptors (Lipinski definition) is 7. The Morgan fingerprint density at radius 3 is 2.77 bits per heavy atom. The monoisotopic (exact) mass is 462 g/mol. The number of furan rings is 1. The molecule has 10 heteroatoms. The van der Waals surface area contributed by atoms with Gasteiger partial charge in [-0.05, 0) is 43.3 Å². The first-order valence-electron chi connectivity index (χ1n) is 9.98. The highest BCUT2D eigenvalue weighted by Crippen LogP contribution is 2.33. The van der Waals surface area contributed by atoms with Gasteiger partial charge in [0.25, 0.3) is 10.0 Å². The summed E-state index contributed by atoms with van der Waals surface area (Å²) in [5, 5.41) is 4.99. The van der Waals surface area contributed by atoms with E-state index in [1.807, 2.05) is 0 Å². The normalized spacial score (nSPS) is 17.5. The molecule has 1 aliphatic heterocycles. The minimum absolute atomic E-state index is 0.111. The maximum absolute atomic E-state index is 13.3. The molecular formula is C21H22N2O6S2. The quantitative estimate of drug-likeness (QED) is 0.558. The van der Waals surface area contributed by atoms with Gasteiger partial charge in [-0.2, -0.15) is 4.31 Å². The van der Waals surface area contributed by atoms with Crippen molar-refractivity contribution >= 4 is 49.9 Å². The Hall–Kier alpha value is -2.69. The van der Waals surface area contributed by atoms with Crippen molar-refractivity contribution in [2.75, 3.05) is 18.5 Å². The van der Waals surface area contributed by atoms with E-state index in [2.05, 4.69) is 5.32 Å². The van der Waals surface area contributed by atoms with E-state index in [1.165, 1.54) is 10.4 Å². The van der Waals surface area contributed by atoms with Gasteiger partial charge in [0.15, 0.2) is 0 Å². The minimum atomic E-state index is -3.79. The van der Waals surface area contributed by atoms with E-state index in [4.69, 9.17) is 9.15 Å². The number of ether oxygens (including phenoxy) is 1. The third kappa shape index (κ3) is 4.10. The summed E-state index contributed by atoms with van der Waals surface area (Å²) in [6.07, 6.45) is 1.80. The summed E-state index contributed by atoms with van der Waals surface area (Å²) in [7, 11) is -3.79. The average molecular weight is 463 g/mol. The van der Waals surface area contributed by atoms with Gasteiger partial charge in [-0.1, -0.05) is 24.6 Å². The summed E-state index contributed by atoms with van der Waals surface area (Å²) >= 11 is 1.12. The van der Waals surface area contributed by atoms with Crippen molar-refractivity contribution in [2.45, 2.75) is 36.4 Å². The Morgan fingerprint density at radius 2 is 2.03 bits per heavy atom. The zero-order valence-corrected chi connectivity index (χ0v) is 18.5. The van der Waals surface area contributed by atoms with Crippen molar-refractivity contribution in [1.82, 2.24) is 4.31 Å². The van der Waals surface area contributed by atoms with E-state index in [0.29, 0.717) is 23.8 Å². The fourth-order valence-corrected chi connectivity index (χ4v) is 6.47. The number of nitrogens with one attached hydrogen (secondary N) is 1. The van der Waals surface area contributed by atoms with Crippen molar-refractivity contribution in [3.05, 3.63) is 47.5 Å². The fraction of sp³-hybridized carbons (Fsp3) is 0.333. The highest BCUT2D eigenvalue weighted by molar-refractivity contribution is 7.91. The van der Waals surface area contributed by atoms with Crippen LogP contribution in [-0.4, -0.2) is 43.8 Å². The van der Waals surface area contributed by atoms with Crippen LogP contribution < -0.4 is 5.32 Å². The molecule has 0 aliphatic carbocycles. The Balaban J connectivity index is 1.68. The lowest BCUT2D eigenvalue weighted by Crippen LogP contribution is -2.49. The molecule has 1 amide bonds. The molecule has 1 aromatic carbocycles. The molecule has 0 radical (unpaired) electrons. The van der Waals surface area contributed by atoms with Crippen LogP contribution in [-0.2, 0) is 19.6 Å². The van der Waals surface area contributed by atoms with Gasteiger partial charge in [0.05, 0.1) is 6.61 Å². The molecule has 1 aliphatic rings. The number of benzene rings is 1. The summed E-state index contributed by atoms with van der Waals surface area (Å²) in [6.45, 7) is 2.09. The highest BCUT2D eigenvalue weighted by atomic mass is 32.2. The Bertz CT molecular complexity index is 1200. The number of para-hydroxylation sites is 1. The second-order valence-electron chi connectivity index (χ2n) is 7.07. The maximum Gasteiger partial charge on any atom is 0.376 e. The summed E-state index contributed by atoms with van der Waals surface area (Å²) in [6, 6.07) is 9.23. The molecule has 1 N–H and O–H groups in total. The van der Waals surface area contributed by atoms with Gasteiger partial charge < -0.3 is 14.5 Å². The molecule has 0 spiro atoms. The van der Waals surface area contributed by atoms with Crippen LogP contribution in [0.15, 0.2) is 50.4 Å². The molecule has 2 aromatic heterocycles. The maximum atomic E-state index is 13.3. The standard InChI is InChI=1S/C21H22N2O6S2/c1-2-28-21(25)19-18(14-8-3-4-10-16(14)29-19)22-20(24)15-9-5-6-12-23(15)31(26,27)17-11-7-13-30-17/h3-4,7-8,10-11,13,15H,2,5-6,9,12H2,1H3,(H,22,24). The molecule has 1 fully saturated rings. The van der Waals surface area contributed by atoms with E-state index in [0.717, 1.165) is 17.8 Å². The molecule has 8 nitrogen and oxygen atoms in total. The second kappa shape index (κ2) is 8.81. The van der Waals surface area contributed by atoms with Gasteiger partial charge in [0.1, 0.15) is 21.5 Å². The third-order valence-electron chi connectivity index (χ3n) is 5.12. The molecule has 0 bridgehead atoms. The summed E-state index contributed by atoms with van der Waals surface area (Å²) in [4.78, 5) is 25.7. The van der Waals surface area contributed by atoms with Gasteiger partial charge >= 0.3 is 5.97 Å². The number of thiophene rings is 1. The number of anilines is 1. The molecule has 1 unspecified atom stereocenters. The van der Waals surface area contributed by atoms with E-state index in [9.17, 15) is 18.0 Å². The zero-order chi connectivity index (χ0) is 22.0. The molecule has 0 saturated carbocycles. The number of amides is 1. The highest BCUT2D eigenvalue weighted by Gasteiger charge is 2.39. The number of carbonyl (C=O) groups is 2. The predicted molar refractivity (Wildman–Crippen MR) is 117 cm³/mol. The molecule has 4 rings (SSSR count). The van der Waals surface area contributed by atoms with Crippen molar-refractivity contribution in [2.24, 2.45) is 0 Å². The van der Waals surface area contributed by atoms with Crippen LogP contribution >= 0.6 is 11.3 Å². The number of sulfonamides is 1. The van der Waals surface area contributed by atoms with Crippen molar-refractivity contribution in [1.29, 1.82) is 0 Å². The van der Waals surface area contributed by atoms with Gasteiger partial charge in [-0.3, -0.25) is 4.79 Å². The SMILES string of the molecule is CCOC(=O)c1oc2ccccc2c1NC(=O)C1CCCCN1S(=O)(=O)c1cccs1. The van der Waals surface area contributed by atoms with Gasteiger partial charge in [-0.25, -0.2) is 13.2 Å². The molecule has 31 heavy (non-hydrogen) atoms. The molecule has 1 atom stereocenters. The van der Waals surface area contributed by atoms with Crippen LogP contribution in [0.1, 0.15) is 36.7 Å². The summed E-state index contributed by atoms with van der Waals surface area (Å²) < 4.78 is 38.4. The number of fused-ring (bicyclic) bond motifs is 1. The molecule has 3 aromatic rings. The van der Waals surface area contributed by atoms with E-state index in [-0.39, 0.29) is 28.8 Å². The summed E-state index contributed by atoms with van der Waals surface area (Å²) in [5.74, 6) is -1.31. The van der Waals surface area contributed by atoms with Crippen LogP contribution in [0, 0.1) is 0 Å². The van der Waals surface area contributed by atoms with Crippen molar-refractivity contribution in [3.63, 3.8) is 0 Å². The number of esters is 1. The van der Waals surface area contributed by atoms with Gasteiger partial charge in [0.2, 0.25) is 11.7 Å². The first kappa shape index (κ1) is 21.5. The molecule has 164 valence electrons. The number of carbonyl (C=O) groups excluding carboxylic acids is 2. The number of rotatable bonds is 6. The summed E-state index contributed by atoms with van der Waals surface area (Å²) in [5.41, 5.74) is 0.616. The Morgan fingerprint density at radius 1 is 1.23 bits per heavy atom. The zero-order valence-electron chi connectivity index (χ0n) is 16.9. The topological polar surface area (TPSA) is 106 Å². The van der Waals surface area contributed by atoms with E-state index in [1.54, 1.807) is 42.6 Å². The van der Waals surface area contributed by atoms with Crippen LogP contribution in [0.25, 0.3) is 11.0 Å². The van der Waals surface area contributed by atoms with Crippen LogP contribution in [0.3, 0.4) is 0 Å². The van der Waals surface area contributed by atoms with E-state index < -0.39 is 27.9 Å². The second-order valence-corrected chi connectivity index (χ2v) is 10.1. The Labute approximate surface area is 183 Å². The van der Waals surface area contributed by atoms with Crippen LogP contribution in [0.2, 0.25) is 0 Å². The molecule has 1 saturated heterocycles. The molecule has 3 heterocycles. The number of nitrogens with zero attached hydrogens (tertiary/aromatic N) is 1. The van der Waals surface area contributed by atoms with E-state index >= 15 is 0 Å². The van der Waals surface area contributed by atoms with Crippen LogP contribution in [0.4, 0.5) is 5.69 Å². The van der Waals surface area contributed by atoms with Crippen LogP contribution in [0.5, 0.6) is 0 Å². The fourth-order valence-electron chi connectivity index (χ4n) is 3.70. The lowest BCUT2D eigenvalue weighted by Gasteiger charge is -2.33. The Kier molecular flexibility index (Phi) is 6.12. The average Bonchev–Trinajstić information content (AvgIpc) is 3.43. The minimum Gasteiger partial charge on any atom is -0.460 e. The first-order valence-corrected chi connectivity index (χ1v) is 12.3. The lowest BCUT2D eigenvalue weighted by atomic mass is 10.0. The number of hydrogen-bond donors (Lipinski definition) is 1. The number of piperidine rings is 1.